The van der Waals surface area contributed by atoms with Crippen LogP contribution in [0.3, 0.4) is 0 Å². The molecule has 0 spiro atoms. The number of pyridine rings is 1. The van der Waals surface area contributed by atoms with E-state index in [4.69, 9.17) is 11.6 Å². The summed E-state index contributed by atoms with van der Waals surface area (Å²) in [6.07, 6.45) is 2.30. The number of nitrogens with zero attached hydrogens (tertiary/aromatic N) is 2. The van der Waals surface area contributed by atoms with Crippen LogP contribution >= 0.6 is 11.6 Å². The summed E-state index contributed by atoms with van der Waals surface area (Å²) in [5.74, 6) is 0.621. The average molecular weight is 438 g/mol. The van der Waals surface area contributed by atoms with E-state index in [1.807, 2.05) is 12.1 Å². The SMILES string of the molecule is O=c1[nH]c2ccc(Cl)cc2c(N[C@@H]2CN3CCC2CC3)c1-c1nc2ccc(F)cc2[nH]1. The van der Waals surface area contributed by atoms with Gasteiger partial charge in [0.05, 0.1) is 22.2 Å². The lowest BCUT2D eigenvalue weighted by Crippen LogP contribution is -2.53. The highest BCUT2D eigenvalue weighted by Crippen LogP contribution is 2.36. The van der Waals surface area contributed by atoms with Gasteiger partial charge in [0.2, 0.25) is 0 Å². The van der Waals surface area contributed by atoms with Crippen molar-refractivity contribution in [3.05, 3.63) is 57.6 Å². The molecule has 3 N–H and O–H groups in total. The first kappa shape index (κ1) is 18.8. The van der Waals surface area contributed by atoms with Crippen LogP contribution in [0, 0.1) is 11.7 Å². The van der Waals surface area contributed by atoms with E-state index < -0.39 is 0 Å². The minimum Gasteiger partial charge on any atom is -0.379 e. The average Bonchev–Trinajstić information content (AvgIpc) is 3.17. The number of benzene rings is 2. The molecule has 0 amide bonds. The molecule has 0 aliphatic carbocycles. The van der Waals surface area contributed by atoms with Gasteiger partial charge in [-0.1, -0.05) is 11.6 Å². The zero-order valence-electron chi connectivity index (χ0n) is 16.7. The Bertz CT molecular complexity index is 1370. The minimum absolute atomic E-state index is 0.243. The van der Waals surface area contributed by atoms with E-state index in [0.717, 1.165) is 43.5 Å². The third-order valence-electron chi connectivity index (χ3n) is 6.64. The third kappa shape index (κ3) is 3.20. The van der Waals surface area contributed by atoms with E-state index in [9.17, 15) is 9.18 Å². The first-order valence-corrected chi connectivity index (χ1v) is 10.9. The molecule has 0 unspecified atom stereocenters. The number of halogens is 2. The van der Waals surface area contributed by atoms with Crippen LogP contribution in [-0.4, -0.2) is 45.5 Å². The largest absolute Gasteiger partial charge is 0.379 e. The third-order valence-corrected chi connectivity index (χ3v) is 6.88. The molecule has 0 radical (unpaired) electrons. The normalized spacial score (nSPS) is 23.0. The number of hydrogen-bond donors (Lipinski definition) is 3. The molecule has 5 heterocycles. The number of H-pyrrole nitrogens is 2. The number of anilines is 1. The highest BCUT2D eigenvalue weighted by atomic mass is 35.5. The second kappa shape index (κ2) is 7.07. The van der Waals surface area contributed by atoms with E-state index in [0.29, 0.717) is 38.9 Å². The highest BCUT2D eigenvalue weighted by molar-refractivity contribution is 6.31. The maximum Gasteiger partial charge on any atom is 0.261 e. The summed E-state index contributed by atoms with van der Waals surface area (Å²) >= 11 is 6.32. The summed E-state index contributed by atoms with van der Waals surface area (Å²) < 4.78 is 13.7. The topological polar surface area (TPSA) is 76.8 Å². The molecule has 31 heavy (non-hydrogen) atoms. The summed E-state index contributed by atoms with van der Waals surface area (Å²) in [7, 11) is 0. The first-order valence-electron chi connectivity index (χ1n) is 10.6. The molecular formula is C23H21ClFN5O. The predicted octanol–water partition coefficient (Wildman–Crippen LogP) is 4.37. The van der Waals surface area contributed by atoms with Crippen molar-refractivity contribution in [1.29, 1.82) is 0 Å². The molecule has 2 aromatic heterocycles. The fourth-order valence-electron chi connectivity index (χ4n) is 5.06. The number of fused-ring (bicyclic) bond motifs is 5. The van der Waals surface area contributed by atoms with Gasteiger partial charge >= 0.3 is 0 Å². The monoisotopic (exact) mass is 437 g/mol. The lowest BCUT2D eigenvalue weighted by atomic mass is 9.83. The van der Waals surface area contributed by atoms with Crippen molar-refractivity contribution in [2.75, 3.05) is 25.0 Å². The molecule has 2 bridgehead atoms. The van der Waals surface area contributed by atoms with Gasteiger partial charge in [-0.25, -0.2) is 9.37 Å². The Labute approximate surface area is 182 Å². The van der Waals surface area contributed by atoms with Gasteiger partial charge in [-0.05, 0) is 68.2 Å². The summed E-state index contributed by atoms with van der Waals surface area (Å²) in [6, 6.07) is 10.1. The molecule has 3 saturated heterocycles. The smallest absolute Gasteiger partial charge is 0.261 e. The number of rotatable bonds is 3. The molecule has 1 atom stereocenters. The van der Waals surface area contributed by atoms with Crippen LogP contribution in [0.1, 0.15) is 12.8 Å². The Hall–Kier alpha value is -2.90. The van der Waals surface area contributed by atoms with Gasteiger partial charge in [-0.3, -0.25) is 4.79 Å². The Morgan fingerprint density at radius 3 is 2.71 bits per heavy atom. The number of nitrogens with one attached hydrogen (secondary N) is 3. The zero-order valence-corrected chi connectivity index (χ0v) is 17.5. The lowest BCUT2D eigenvalue weighted by Gasteiger charge is -2.45. The molecule has 3 aliphatic heterocycles. The van der Waals surface area contributed by atoms with E-state index in [1.54, 1.807) is 12.1 Å². The van der Waals surface area contributed by atoms with Gasteiger partial charge in [0.25, 0.3) is 5.56 Å². The van der Waals surface area contributed by atoms with E-state index in [2.05, 4.69) is 25.2 Å². The van der Waals surface area contributed by atoms with Crippen molar-refractivity contribution < 1.29 is 4.39 Å². The van der Waals surface area contributed by atoms with Crippen LogP contribution in [0.4, 0.5) is 10.1 Å². The quantitative estimate of drug-likeness (QED) is 0.445. The van der Waals surface area contributed by atoms with Crippen LogP contribution in [0.2, 0.25) is 5.02 Å². The van der Waals surface area contributed by atoms with Crippen molar-refractivity contribution in [2.24, 2.45) is 5.92 Å². The Kier molecular flexibility index (Phi) is 4.30. The minimum atomic E-state index is -0.354. The molecular weight excluding hydrogens is 417 g/mol. The number of imidazole rings is 1. The molecule has 7 rings (SSSR count). The molecule has 4 aromatic rings. The second-order valence-electron chi connectivity index (χ2n) is 8.53. The maximum atomic E-state index is 13.7. The van der Waals surface area contributed by atoms with Gasteiger partial charge in [0.15, 0.2) is 0 Å². The van der Waals surface area contributed by atoms with E-state index >= 15 is 0 Å². The molecule has 8 heteroatoms. The zero-order chi connectivity index (χ0) is 21.1. The van der Waals surface area contributed by atoms with Crippen molar-refractivity contribution >= 4 is 39.2 Å². The van der Waals surface area contributed by atoms with Crippen LogP contribution in [-0.2, 0) is 0 Å². The lowest BCUT2D eigenvalue weighted by molar-refractivity contribution is 0.0976. The van der Waals surface area contributed by atoms with Crippen LogP contribution in [0.5, 0.6) is 0 Å². The second-order valence-corrected chi connectivity index (χ2v) is 8.97. The van der Waals surface area contributed by atoms with Crippen molar-refractivity contribution in [2.45, 2.75) is 18.9 Å². The first-order chi connectivity index (χ1) is 15.0. The van der Waals surface area contributed by atoms with Gasteiger partial charge in [-0.15, -0.1) is 0 Å². The Balaban J connectivity index is 1.56. The van der Waals surface area contributed by atoms with Crippen LogP contribution in [0.25, 0.3) is 33.3 Å². The van der Waals surface area contributed by atoms with Gasteiger partial charge < -0.3 is 20.2 Å². The highest BCUT2D eigenvalue weighted by Gasteiger charge is 2.35. The Morgan fingerprint density at radius 1 is 1.10 bits per heavy atom. The molecule has 3 aliphatic rings. The Morgan fingerprint density at radius 2 is 1.94 bits per heavy atom. The summed E-state index contributed by atoms with van der Waals surface area (Å²) in [5.41, 5.74) is 2.76. The fraction of sp³-hybridized carbons (Fsp3) is 0.304. The molecule has 3 fully saturated rings. The van der Waals surface area contributed by atoms with Gasteiger partial charge in [0, 0.05) is 23.0 Å². The van der Waals surface area contributed by atoms with Crippen LogP contribution < -0.4 is 10.9 Å². The molecule has 6 nitrogen and oxygen atoms in total. The fourth-order valence-corrected chi connectivity index (χ4v) is 5.23. The van der Waals surface area contributed by atoms with E-state index in [1.165, 1.54) is 12.1 Å². The van der Waals surface area contributed by atoms with Crippen LogP contribution in [0.15, 0.2) is 41.2 Å². The number of aromatic amines is 2. The standard InChI is InChI=1S/C23H21ClFN5O/c24-13-1-3-16-15(9-13)21(26-19-11-30-7-5-12(19)6-8-30)20(23(31)29-16)22-27-17-4-2-14(25)10-18(17)28-22/h1-4,9-10,12,19H,5-8,11H2,(H,27,28)(H2,26,29,31)/t19-/m1/s1. The van der Waals surface area contributed by atoms with Crippen molar-refractivity contribution in [1.82, 2.24) is 19.9 Å². The van der Waals surface area contributed by atoms with Crippen molar-refractivity contribution in [3.63, 3.8) is 0 Å². The number of hydrogen-bond acceptors (Lipinski definition) is 4. The summed E-state index contributed by atoms with van der Waals surface area (Å²) in [5, 5.41) is 5.12. The van der Waals surface area contributed by atoms with E-state index in [-0.39, 0.29) is 17.4 Å². The molecule has 158 valence electrons. The maximum absolute atomic E-state index is 13.7. The molecule has 0 saturated carbocycles. The summed E-state index contributed by atoms with van der Waals surface area (Å²) in [4.78, 5) is 26.3. The van der Waals surface area contributed by atoms with Gasteiger partial charge in [0.1, 0.15) is 17.2 Å². The summed E-state index contributed by atoms with van der Waals surface area (Å²) in [6.45, 7) is 3.21. The number of aromatic nitrogens is 3. The van der Waals surface area contributed by atoms with Crippen molar-refractivity contribution in [3.8, 4) is 11.4 Å². The number of piperidine rings is 3. The van der Waals surface area contributed by atoms with Gasteiger partial charge in [-0.2, -0.15) is 0 Å². The predicted molar refractivity (Wildman–Crippen MR) is 121 cm³/mol. The molecule has 2 aromatic carbocycles.